The van der Waals surface area contributed by atoms with Crippen LogP contribution in [0.1, 0.15) is 45.2 Å². The van der Waals surface area contributed by atoms with E-state index in [0.717, 1.165) is 24.8 Å². The molecule has 1 saturated carbocycles. The van der Waals surface area contributed by atoms with E-state index < -0.39 is 0 Å². The van der Waals surface area contributed by atoms with Crippen LogP contribution in [0.25, 0.3) is 0 Å². The minimum absolute atomic E-state index is 0.377. The van der Waals surface area contributed by atoms with Crippen LogP contribution in [0.2, 0.25) is 0 Å². The topological polar surface area (TPSA) is 24.5 Å². The highest BCUT2D eigenvalue weighted by Crippen LogP contribution is 2.31. The van der Waals surface area contributed by atoms with E-state index in [0.29, 0.717) is 12.1 Å². The molecule has 1 unspecified atom stereocenters. The molecule has 1 aromatic rings. The van der Waals surface area contributed by atoms with Gasteiger partial charge in [0.1, 0.15) is 5.75 Å². The molecular formula is C18H30N2O. The zero-order chi connectivity index (χ0) is 15.2. The van der Waals surface area contributed by atoms with Crippen LogP contribution in [-0.2, 0) is 0 Å². The van der Waals surface area contributed by atoms with Crippen LogP contribution in [0.3, 0.4) is 0 Å². The summed E-state index contributed by atoms with van der Waals surface area (Å²) in [6.45, 7) is 9.64. The van der Waals surface area contributed by atoms with Crippen molar-refractivity contribution in [3.8, 4) is 5.75 Å². The minimum atomic E-state index is 0.377. The van der Waals surface area contributed by atoms with Gasteiger partial charge in [-0.05, 0) is 64.3 Å². The fraction of sp³-hybridized carbons (Fsp3) is 0.667. The van der Waals surface area contributed by atoms with Crippen molar-refractivity contribution in [1.82, 2.24) is 10.2 Å². The highest BCUT2D eigenvalue weighted by molar-refractivity contribution is 5.29. The molecule has 1 aliphatic rings. The average molecular weight is 290 g/mol. The lowest BCUT2D eigenvalue weighted by molar-refractivity contribution is 0.192. The Hall–Kier alpha value is -1.06. The van der Waals surface area contributed by atoms with Crippen molar-refractivity contribution in [2.75, 3.05) is 26.7 Å². The van der Waals surface area contributed by atoms with Crippen LogP contribution in [0.4, 0.5) is 0 Å². The Kier molecular flexibility index (Phi) is 6.07. The predicted octanol–water partition coefficient (Wildman–Crippen LogP) is 3.47. The molecule has 0 heterocycles. The SMILES string of the molecule is CCOc1ccc(C(CN(CC2CC2)C(C)C)NC)cc1. The number of likely N-dealkylation sites (N-methyl/N-ethyl adjacent to an activating group) is 1. The van der Waals surface area contributed by atoms with E-state index in [1.54, 1.807) is 0 Å². The maximum absolute atomic E-state index is 5.52. The fourth-order valence-corrected chi connectivity index (χ4v) is 2.69. The molecule has 1 aromatic carbocycles. The molecule has 0 saturated heterocycles. The van der Waals surface area contributed by atoms with Gasteiger partial charge >= 0.3 is 0 Å². The monoisotopic (exact) mass is 290 g/mol. The standard InChI is InChI=1S/C18H30N2O/c1-5-21-17-10-8-16(9-11-17)18(19-4)13-20(14(2)3)12-15-6-7-15/h8-11,14-15,18-19H,5-7,12-13H2,1-4H3. The van der Waals surface area contributed by atoms with Gasteiger partial charge in [-0.1, -0.05) is 12.1 Å². The zero-order valence-electron chi connectivity index (χ0n) is 13.9. The molecule has 1 aliphatic carbocycles. The molecule has 0 radical (unpaired) electrons. The van der Waals surface area contributed by atoms with Crippen LogP contribution in [0.5, 0.6) is 5.75 Å². The van der Waals surface area contributed by atoms with E-state index >= 15 is 0 Å². The fourth-order valence-electron chi connectivity index (χ4n) is 2.69. The summed E-state index contributed by atoms with van der Waals surface area (Å²) >= 11 is 0. The van der Waals surface area contributed by atoms with Gasteiger partial charge in [0.25, 0.3) is 0 Å². The lowest BCUT2D eigenvalue weighted by atomic mass is 10.1. The van der Waals surface area contributed by atoms with Gasteiger partial charge in [0.15, 0.2) is 0 Å². The molecule has 21 heavy (non-hydrogen) atoms. The van der Waals surface area contributed by atoms with Gasteiger partial charge in [-0.15, -0.1) is 0 Å². The number of nitrogens with one attached hydrogen (secondary N) is 1. The number of hydrogen-bond acceptors (Lipinski definition) is 3. The maximum Gasteiger partial charge on any atom is 0.119 e. The van der Waals surface area contributed by atoms with Crippen molar-refractivity contribution in [1.29, 1.82) is 0 Å². The summed E-state index contributed by atoms with van der Waals surface area (Å²) in [4.78, 5) is 2.61. The first-order chi connectivity index (χ1) is 10.1. The van der Waals surface area contributed by atoms with Crippen molar-refractivity contribution in [3.05, 3.63) is 29.8 Å². The third-order valence-electron chi connectivity index (χ3n) is 4.28. The van der Waals surface area contributed by atoms with Gasteiger partial charge in [0.05, 0.1) is 6.61 Å². The van der Waals surface area contributed by atoms with Gasteiger partial charge < -0.3 is 10.1 Å². The summed E-state index contributed by atoms with van der Waals surface area (Å²) in [6, 6.07) is 9.49. The van der Waals surface area contributed by atoms with Crippen LogP contribution in [0, 0.1) is 5.92 Å². The zero-order valence-corrected chi connectivity index (χ0v) is 13.9. The number of rotatable bonds is 9. The van der Waals surface area contributed by atoms with Crippen molar-refractivity contribution in [3.63, 3.8) is 0 Å². The van der Waals surface area contributed by atoms with E-state index in [-0.39, 0.29) is 0 Å². The van der Waals surface area contributed by atoms with Crippen molar-refractivity contribution in [2.45, 2.75) is 45.7 Å². The van der Waals surface area contributed by atoms with Gasteiger partial charge in [-0.25, -0.2) is 0 Å². The second-order valence-electron chi connectivity index (χ2n) is 6.33. The molecule has 1 atom stereocenters. The molecule has 0 amide bonds. The van der Waals surface area contributed by atoms with Gasteiger partial charge in [0.2, 0.25) is 0 Å². The van der Waals surface area contributed by atoms with Crippen LogP contribution in [-0.4, -0.2) is 37.7 Å². The van der Waals surface area contributed by atoms with Gasteiger partial charge in [-0.2, -0.15) is 0 Å². The number of nitrogens with zero attached hydrogens (tertiary/aromatic N) is 1. The second kappa shape index (κ2) is 7.81. The Morgan fingerprint density at radius 2 is 1.90 bits per heavy atom. The molecule has 3 nitrogen and oxygen atoms in total. The molecule has 1 fully saturated rings. The maximum atomic E-state index is 5.52. The highest BCUT2D eigenvalue weighted by Gasteiger charge is 2.26. The van der Waals surface area contributed by atoms with E-state index in [1.165, 1.54) is 24.9 Å². The third-order valence-corrected chi connectivity index (χ3v) is 4.28. The number of hydrogen-bond donors (Lipinski definition) is 1. The molecule has 0 aliphatic heterocycles. The Morgan fingerprint density at radius 3 is 2.38 bits per heavy atom. The van der Waals surface area contributed by atoms with Gasteiger partial charge in [0, 0.05) is 25.2 Å². The van der Waals surface area contributed by atoms with Crippen LogP contribution in [0.15, 0.2) is 24.3 Å². The van der Waals surface area contributed by atoms with Crippen LogP contribution >= 0.6 is 0 Å². The summed E-state index contributed by atoms with van der Waals surface area (Å²) in [7, 11) is 2.05. The quantitative estimate of drug-likeness (QED) is 0.753. The number of benzene rings is 1. The Bertz CT molecular complexity index is 412. The molecule has 3 heteroatoms. The molecule has 118 valence electrons. The Morgan fingerprint density at radius 1 is 1.24 bits per heavy atom. The summed E-state index contributed by atoms with van der Waals surface area (Å²) in [5, 5.41) is 3.47. The van der Waals surface area contributed by atoms with Gasteiger partial charge in [-0.3, -0.25) is 4.90 Å². The minimum Gasteiger partial charge on any atom is -0.494 e. The highest BCUT2D eigenvalue weighted by atomic mass is 16.5. The van der Waals surface area contributed by atoms with Crippen molar-refractivity contribution in [2.24, 2.45) is 5.92 Å². The van der Waals surface area contributed by atoms with E-state index in [4.69, 9.17) is 4.74 Å². The largest absolute Gasteiger partial charge is 0.494 e. The Labute approximate surface area is 129 Å². The predicted molar refractivity (Wildman–Crippen MR) is 88.8 cm³/mol. The summed E-state index contributed by atoms with van der Waals surface area (Å²) in [6.07, 6.45) is 2.83. The first-order valence-electron chi connectivity index (χ1n) is 8.28. The molecular weight excluding hydrogens is 260 g/mol. The smallest absolute Gasteiger partial charge is 0.119 e. The molecule has 2 rings (SSSR count). The lowest BCUT2D eigenvalue weighted by Crippen LogP contribution is -2.39. The molecule has 0 spiro atoms. The summed E-state index contributed by atoms with van der Waals surface area (Å²) in [5.41, 5.74) is 1.34. The molecule has 0 aromatic heterocycles. The van der Waals surface area contributed by atoms with Crippen molar-refractivity contribution >= 4 is 0 Å². The van der Waals surface area contributed by atoms with Crippen molar-refractivity contribution < 1.29 is 4.74 Å². The normalized spacial score (nSPS) is 16.5. The third kappa shape index (κ3) is 5.01. The molecule has 0 bridgehead atoms. The van der Waals surface area contributed by atoms with E-state index in [2.05, 4.69) is 55.4 Å². The second-order valence-corrected chi connectivity index (χ2v) is 6.33. The average Bonchev–Trinajstić information content (AvgIpc) is 3.28. The van der Waals surface area contributed by atoms with Crippen LogP contribution < -0.4 is 10.1 Å². The lowest BCUT2D eigenvalue weighted by Gasteiger charge is -2.31. The first-order valence-corrected chi connectivity index (χ1v) is 8.28. The summed E-state index contributed by atoms with van der Waals surface area (Å²) in [5.74, 6) is 1.89. The first kappa shape index (κ1) is 16.3. The molecule has 1 N–H and O–H groups in total. The Balaban J connectivity index is 1.99. The summed E-state index contributed by atoms with van der Waals surface area (Å²) < 4.78 is 5.52. The van der Waals surface area contributed by atoms with E-state index in [9.17, 15) is 0 Å². The number of ether oxygens (including phenoxy) is 1. The van der Waals surface area contributed by atoms with E-state index in [1.807, 2.05) is 6.92 Å².